The molecule has 25 heavy (non-hydrogen) atoms. The summed E-state index contributed by atoms with van der Waals surface area (Å²) in [7, 11) is 0. The van der Waals surface area contributed by atoms with Crippen molar-refractivity contribution in [1.29, 1.82) is 0 Å². The summed E-state index contributed by atoms with van der Waals surface area (Å²) in [6, 6.07) is 28.1. The summed E-state index contributed by atoms with van der Waals surface area (Å²) in [6.07, 6.45) is 20.1. The van der Waals surface area contributed by atoms with Crippen molar-refractivity contribution in [1.82, 2.24) is 0 Å². The second kappa shape index (κ2) is 15.2. The van der Waals surface area contributed by atoms with E-state index in [1.807, 2.05) is 91.0 Å². The van der Waals surface area contributed by atoms with Gasteiger partial charge in [-0.05, 0) is 0 Å². The molecule has 0 aliphatic carbocycles. The number of benzene rings is 3. The Balaban J connectivity index is 0.000000339. The van der Waals surface area contributed by atoms with Crippen molar-refractivity contribution < 1.29 is 41.3 Å². The minimum Gasteiger partial charge on any atom is -0.366 e. The molecule has 0 heterocycles. The van der Waals surface area contributed by atoms with Gasteiger partial charge in [0.1, 0.15) is 0 Å². The van der Waals surface area contributed by atoms with Crippen LogP contribution in [0.3, 0.4) is 0 Å². The van der Waals surface area contributed by atoms with Gasteiger partial charge in [-0.3, -0.25) is 17.8 Å². The molecule has 3 rings (SSSR count). The van der Waals surface area contributed by atoms with Crippen LogP contribution in [0.5, 0.6) is 0 Å². The Bertz CT molecular complexity index is 697. The van der Waals surface area contributed by atoms with Crippen molar-refractivity contribution in [2.75, 3.05) is 0 Å². The van der Waals surface area contributed by atoms with E-state index in [2.05, 4.69) is 17.8 Å². The molecule has 0 bridgehead atoms. The quantitative estimate of drug-likeness (QED) is 0.343. The van der Waals surface area contributed by atoms with E-state index in [4.69, 9.17) is 19.3 Å². The number of rotatable bonds is 0. The molecule has 0 atom stereocenters. The Kier molecular flexibility index (Phi) is 13.8. The molecule has 0 aliphatic heterocycles. The van der Waals surface area contributed by atoms with Gasteiger partial charge in [0, 0.05) is 0 Å². The van der Waals surface area contributed by atoms with Crippen LogP contribution in [0.4, 0.5) is 0 Å². The molecule has 0 spiro atoms. The minimum absolute atomic E-state index is 0. The molecule has 0 N–H and O–H groups in total. The third-order valence-corrected chi connectivity index (χ3v) is 2.75. The smallest absolute Gasteiger partial charge is 0.366 e. The van der Waals surface area contributed by atoms with Crippen molar-refractivity contribution >= 4 is 0 Å². The van der Waals surface area contributed by atoms with Crippen molar-refractivity contribution in [3.05, 3.63) is 127 Å². The molecule has 3 aromatic rings. The fourth-order valence-electron chi connectivity index (χ4n) is 1.56. The first-order chi connectivity index (χ1) is 11.8. The van der Waals surface area contributed by atoms with Crippen LogP contribution in [0, 0.1) is 78.3 Å². The molecule has 0 aliphatic rings. The van der Waals surface area contributed by atoms with Gasteiger partial charge < -0.3 is 19.3 Å². The summed E-state index contributed by atoms with van der Waals surface area (Å²) in [5, 5.41) is 0. The van der Waals surface area contributed by atoms with E-state index < -0.39 is 0 Å². The summed E-state index contributed by atoms with van der Waals surface area (Å²) in [6.45, 7) is 0. The van der Waals surface area contributed by atoms with Crippen molar-refractivity contribution in [2.24, 2.45) is 0 Å². The Morgan fingerprint density at radius 1 is 0.400 bits per heavy atom. The third kappa shape index (κ3) is 11.0. The molecule has 0 amide bonds. The molecule has 0 radical (unpaired) electrons. The third-order valence-electron chi connectivity index (χ3n) is 2.75. The summed E-state index contributed by atoms with van der Waals surface area (Å²) >= 11 is 0. The van der Waals surface area contributed by atoms with Gasteiger partial charge in [0.25, 0.3) is 0 Å². The fourth-order valence-corrected chi connectivity index (χ4v) is 1.56. The van der Waals surface area contributed by atoms with Gasteiger partial charge in [-0.15, -0.1) is 53.1 Å². The van der Waals surface area contributed by atoms with E-state index in [-0.39, 0.29) is 41.3 Å². The SMILES string of the molecule is [C-]#Cc1ccccc1.[C-]#Cc1ccccc1.[C-]#Cc1ccccc1.[Pr+3]. The zero-order valence-corrected chi connectivity index (χ0v) is 17.4. The van der Waals surface area contributed by atoms with Crippen LogP contribution in [0.25, 0.3) is 0 Å². The van der Waals surface area contributed by atoms with Crippen LogP contribution in [-0.2, 0) is 0 Å². The van der Waals surface area contributed by atoms with Gasteiger partial charge in [0.15, 0.2) is 0 Å². The van der Waals surface area contributed by atoms with Gasteiger partial charge in [-0.1, -0.05) is 54.6 Å². The van der Waals surface area contributed by atoms with E-state index in [1.54, 1.807) is 0 Å². The summed E-state index contributed by atoms with van der Waals surface area (Å²) in [5.74, 6) is 6.83. The van der Waals surface area contributed by atoms with E-state index in [9.17, 15) is 0 Å². The minimum atomic E-state index is 0. The first-order valence-electron chi connectivity index (χ1n) is 7.23. The molecule has 0 saturated heterocycles. The Morgan fingerprint density at radius 3 is 0.720 bits per heavy atom. The van der Waals surface area contributed by atoms with Crippen molar-refractivity contribution in [3.8, 4) is 17.8 Å². The average Bonchev–Trinajstić information content (AvgIpc) is 2.71. The van der Waals surface area contributed by atoms with Gasteiger partial charge in [0.05, 0.1) is 0 Å². The van der Waals surface area contributed by atoms with Gasteiger partial charge in [0.2, 0.25) is 0 Å². The monoisotopic (exact) mass is 444 g/mol. The summed E-state index contributed by atoms with van der Waals surface area (Å²) in [4.78, 5) is 0. The molecule has 3 aromatic carbocycles. The molecule has 0 saturated carbocycles. The fraction of sp³-hybridized carbons (Fsp3) is 0. The second-order valence-electron chi connectivity index (χ2n) is 4.47. The number of hydrogen-bond donors (Lipinski definition) is 0. The average molecular weight is 444 g/mol. The maximum atomic E-state index is 6.69. The van der Waals surface area contributed by atoms with Gasteiger partial charge >= 0.3 is 41.3 Å². The zero-order chi connectivity index (χ0) is 17.5. The predicted molar refractivity (Wildman–Crippen MR) is 98.0 cm³/mol. The van der Waals surface area contributed by atoms with Gasteiger partial charge in [-0.25, -0.2) is 0 Å². The summed E-state index contributed by atoms with van der Waals surface area (Å²) < 4.78 is 0. The Morgan fingerprint density at radius 2 is 0.600 bits per heavy atom. The van der Waals surface area contributed by atoms with Gasteiger partial charge in [-0.2, -0.15) is 0 Å². The normalized spacial score (nSPS) is 7.56. The van der Waals surface area contributed by atoms with E-state index in [0.717, 1.165) is 16.7 Å². The molecule has 0 aromatic heterocycles. The Hall–Kier alpha value is -2.30. The van der Waals surface area contributed by atoms with Crippen molar-refractivity contribution in [3.63, 3.8) is 0 Å². The summed E-state index contributed by atoms with van der Waals surface area (Å²) in [5.41, 5.74) is 2.48. The number of hydrogen-bond acceptors (Lipinski definition) is 0. The maximum Gasteiger partial charge on any atom is 3.00 e. The second-order valence-corrected chi connectivity index (χ2v) is 4.47. The standard InChI is InChI=1S/3C8H5.Pr/c3*1-2-8-6-4-3-5-7-8;/h3*3-7H;/q3*-1;+3. The molecule has 0 unspecified atom stereocenters. The van der Waals surface area contributed by atoms with Crippen molar-refractivity contribution in [2.45, 2.75) is 0 Å². The molecular formula is C24H15Pr. The Labute approximate surface area is 184 Å². The predicted octanol–water partition coefficient (Wildman–Crippen LogP) is 4.87. The van der Waals surface area contributed by atoms with Crippen LogP contribution in [0.2, 0.25) is 0 Å². The van der Waals surface area contributed by atoms with Crippen LogP contribution >= 0.6 is 0 Å². The van der Waals surface area contributed by atoms with Crippen LogP contribution in [0.1, 0.15) is 16.7 Å². The molecular weight excluding hydrogens is 429 g/mol. The molecule has 0 fully saturated rings. The zero-order valence-electron chi connectivity index (χ0n) is 13.7. The molecule has 114 valence electrons. The van der Waals surface area contributed by atoms with Crippen LogP contribution in [-0.4, -0.2) is 0 Å². The topological polar surface area (TPSA) is 0 Å². The van der Waals surface area contributed by atoms with Crippen LogP contribution in [0.15, 0.2) is 91.0 Å². The molecule has 0 nitrogen and oxygen atoms in total. The van der Waals surface area contributed by atoms with E-state index in [0.29, 0.717) is 0 Å². The largest absolute Gasteiger partial charge is 3.00 e. The van der Waals surface area contributed by atoms with E-state index in [1.165, 1.54) is 0 Å². The molecule has 1 heteroatoms. The van der Waals surface area contributed by atoms with E-state index >= 15 is 0 Å². The first kappa shape index (κ1) is 22.7. The maximum absolute atomic E-state index is 6.69. The van der Waals surface area contributed by atoms with Crippen LogP contribution < -0.4 is 0 Å². The first-order valence-corrected chi connectivity index (χ1v) is 7.23.